The summed E-state index contributed by atoms with van der Waals surface area (Å²) in [7, 11) is 1.95. The van der Waals surface area contributed by atoms with Gasteiger partial charge < -0.3 is 9.73 Å². The van der Waals surface area contributed by atoms with Crippen molar-refractivity contribution in [1.29, 1.82) is 0 Å². The smallest absolute Gasteiger partial charge is 0.128 e. The molecule has 2 nitrogen and oxygen atoms in total. The van der Waals surface area contributed by atoms with E-state index in [1.165, 1.54) is 16.7 Å². The Labute approximate surface area is 96.3 Å². The van der Waals surface area contributed by atoms with Crippen molar-refractivity contribution >= 4 is 0 Å². The maximum atomic E-state index is 5.54. The molecule has 1 heterocycles. The maximum absolute atomic E-state index is 5.54. The van der Waals surface area contributed by atoms with Crippen LogP contribution in [-0.4, -0.2) is 7.05 Å². The highest BCUT2D eigenvalue weighted by Crippen LogP contribution is 2.25. The zero-order valence-corrected chi connectivity index (χ0v) is 9.95. The van der Waals surface area contributed by atoms with Crippen LogP contribution in [0.3, 0.4) is 0 Å². The van der Waals surface area contributed by atoms with Crippen LogP contribution < -0.4 is 5.32 Å². The van der Waals surface area contributed by atoms with Crippen molar-refractivity contribution in [3.05, 3.63) is 59.0 Å². The molecule has 1 N–H and O–H groups in total. The van der Waals surface area contributed by atoms with Gasteiger partial charge in [0, 0.05) is 0 Å². The van der Waals surface area contributed by atoms with E-state index in [9.17, 15) is 0 Å². The van der Waals surface area contributed by atoms with E-state index in [0.29, 0.717) is 0 Å². The molecule has 0 fully saturated rings. The molecule has 16 heavy (non-hydrogen) atoms. The Kier molecular flexibility index (Phi) is 3.11. The van der Waals surface area contributed by atoms with E-state index in [0.717, 1.165) is 5.76 Å². The van der Waals surface area contributed by atoms with Gasteiger partial charge in [0.05, 0.1) is 12.3 Å². The van der Waals surface area contributed by atoms with Crippen LogP contribution in [0.2, 0.25) is 0 Å². The van der Waals surface area contributed by atoms with Crippen LogP contribution in [0.4, 0.5) is 0 Å². The normalized spacial score (nSPS) is 12.7. The molecule has 2 heteroatoms. The van der Waals surface area contributed by atoms with Crippen LogP contribution in [0.1, 0.15) is 28.5 Å². The molecule has 0 aliphatic heterocycles. The molecule has 0 amide bonds. The molecule has 1 atom stereocenters. The summed E-state index contributed by atoms with van der Waals surface area (Å²) in [5.74, 6) is 0.992. The van der Waals surface area contributed by atoms with Crippen LogP contribution >= 0.6 is 0 Å². The number of aryl methyl sites for hydroxylation is 2. The number of hydrogen-bond acceptors (Lipinski definition) is 2. The van der Waals surface area contributed by atoms with Gasteiger partial charge in [-0.15, -0.1) is 0 Å². The van der Waals surface area contributed by atoms with Crippen LogP contribution in [0.5, 0.6) is 0 Å². The summed E-state index contributed by atoms with van der Waals surface area (Å²) in [5, 5.41) is 3.29. The van der Waals surface area contributed by atoms with Gasteiger partial charge in [0.1, 0.15) is 5.76 Å². The van der Waals surface area contributed by atoms with E-state index in [1.54, 1.807) is 6.26 Å². The molecule has 0 radical (unpaired) electrons. The predicted octanol–water partition coefficient (Wildman–Crippen LogP) is 3.21. The number of nitrogens with one attached hydrogen (secondary N) is 1. The Morgan fingerprint density at radius 1 is 1.06 bits per heavy atom. The summed E-state index contributed by atoms with van der Waals surface area (Å²) >= 11 is 0. The van der Waals surface area contributed by atoms with Crippen LogP contribution in [0.15, 0.2) is 41.0 Å². The lowest BCUT2D eigenvalue weighted by Crippen LogP contribution is -2.17. The zero-order chi connectivity index (χ0) is 11.5. The summed E-state index contributed by atoms with van der Waals surface area (Å²) in [6, 6.07) is 10.6. The molecule has 0 bridgehead atoms. The molecular weight excluding hydrogens is 198 g/mol. The number of rotatable bonds is 3. The Morgan fingerprint density at radius 3 is 2.25 bits per heavy atom. The van der Waals surface area contributed by atoms with E-state index in [2.05, 4.69) is 43.4 Å². The van der Waals surface area contributed by atoms with Gasteiger partial charge in [0.2, 0.25) is 0 Å². The first-order valence-corrected chi connectivity index (χ1v) is 5.50. The minimum atomic E-state index is 0.135. The Bertz CT molecular complexity index is 456. The molecule has 2 aromatic rings. The van der Waals surface area contributed by atoms with Gasteiger partial charge in [0.25, 0.3) is 0 Å². The SMILES string of the molecule is CN[C@@H](c1ccc(C)cc1)c1occc1C. The van der Waals surface area contributed by atoms with Crippen molar-refractivity contribution < 1.29 is 4.42 Å². The molecule has 0 unspecified atom stereocenters. The largest absolute Gasteiger partial charge is 0.467 e. The second kappa shape index (κ2) is 4.54. The first-order valence-electron chi connectivity index (χ1n) is 5.50. The summed E-state index contributed by atoms with van der Waals surface area (Å²) < 4.78 is 5.54. The zero-order valence-electron chi connectivity index (χ0n) is 9.95. The van der Waals surface area contributed by atoms with Gasteiger partial charge in [-0.25, -0.2) is 0 Å². The lowest BCUT2D eigenvalue weighted by molar-refractivity contribution is 0.460. The molecule has 0 saturated carbocycles. The van der Waals surface area contributed by atoms with Crippen molar-refractivity contribution in [2.75, 3.05) is 7.05 Å². The van der Waals surface area contributed by atoms with Gasteiger partial charge in [-0.3, -0.25) is 0 Å². The molecule has 1 aromatic carbocycles. The fourth-order valence-electron chi connectivity index (χ4n) is 1.89. The van der Waals surface area contributed by atoms with Crippen LogP contribution in [-0.2, 0) is 0 Å². The summed E-state index contributed by atoms with van der Waals surface area (Å²) in [5.41, 5.74) is 3.68. The summed E-state index contributed by atoms with van der Waals surface area (Å²) in [4.78, 5) is 0. The monoisotopic (exact) mass is 215 g/mol. The van der Waals surface area contributed by atoms with Gasteiger partial charge in [-0.1, -0.05) is 29.8 Å². The van der Waals surface area contributed by atoms with Gasteiger partial charge in [-0.05, 0) is 38.1 Å². The highest BCUT2D eigenvalue weighted by atomic mass is 16.3. The summed E-state index contributed by atoms with van der Waals surface area (Å²) in [6.45, 7) is 4.16. The predicted molar refractivity (Wildman–Crippen MR) is 65.5 cm³/mol. The van der Waals surface area contributed by atoms with E-state index in [4.69, 9.17) is 4.42 Å². The standard InChI is InChI=1S/C14H17NO/c1-10-4-6-12(7-5-10)13(15-3)14-11(2)8-9-16-14/h4-9,13,15H,1-3H3/t13-/m0/s1. The third kappa shape index (κ3) is 2.02. The molecular formula is C14H17NO. The molecule has 0 aliphatic rings. The lowest BCUT2D eigenvalue weighted by Gasteiger charge is -2.15. The first-order chi connectivity index (χ1) is 7.72. The molecule has 0 spiro atoms. The second-order valence-electron chi connectivity index (χ2n) is 4.10. The van der Waals surface area contributed by atoms with E-state index in [1.807, 2.05) is 13.1 Å². The van der Waals surface area contributed by atoms with Crippen molar-refractivity contribution in [2.45, 2.75) is 19.9 Å². The van der Waals surface area contributed by atoms with Crippen molar-refractivity contribution in [1.82, 2.24) is 5.32 Å². The van der Waals surface area contributed by atoms with Crippen LogP contribution in [0, 0.1) is 13.8 Å². The van der Waals surface area contributed by atoms with E-state index < -0.39 is 0 Å². The third-order valence-corrected chi connectivity index (χ3v) is 2.86. The third-order valence-electron chi connectivity index (χ3n) is 2.86. The molecule has 2 rings (SSSR count). The molecule has 0 aliphatic carbocycles. The van der Waals surface area contributed by atoms with E-state index >= 15 is 0 Å². The Morgan fingerprint density at radius 2 is 1.75 bits per heavy atom. The Hall–Kier alpha value is -1.54. The highest BCUT2D eigenvalue weighted by molar-refractivity contribution is 5.32. The average Bonchev–Trinajstić information content (AvgIpc) is 2.69. The topological polar surface area (TPSA) is 25.2 Å². The lowest BCUT2D eigenvalue weighted by atomic mass is 10.0. The number of furan rings is 1. The van der Waals surface area contributed by atoms with Gasteiger partial charge in [0.15, 0.2) is 0 Å². The minimum Gasteiger partial charge on any atom is -0.467 e. The highest BCUT2D eigenvalue weighted by Gasteiger charge is 2.16. The van der Waals surface area contributed by atoms with Crippen molar-refractivity contribution in [3.63, 3.8) is 0 Å². The fourth-order valence-corrected chi connectivity index (χ4v) is 1.89. The summed E-state index contributed by atoms with van der Waals surface area (Å²) in [6.07, 6.45) is 1.74. The second-order valence-corrected chi connectivity index (χ2v) is 4.10. The first kappa shape index (κ1) is 11.0. The minimum absolute atomic E-state index is 0.135. The molecule has 84 valence electrons. The Balaban J connectivity index is 2.37. The fraction of sp³-hybridized carbons (Fsp3) is 0.286. The molecule has 0 saturated heterocycles. The van der Waals surface area contributed by atoms with Crippen molar-refractivity contribution in [2.24, 2.45) is 0 Å². The van der Waals surface area contributed by atoms with Crippen LogP contribution in [0.25, 0.3) is 0 Å². The number of hydrogen-bond donors (Lipinski definition) is 1. The average molecular weight is 215 g/mol. The van der Waals surface area contributed by atoms with E-state index in [-0.39, 0.29) is 6.04 Å². The van der Waals surface area contributed by atoms with Gasteiger partial charge in [-0.2, -0.15) is 0 Å². The number of benzene rings is 1. The molecule has 1 aromatic heterocycles. The van der Waals surface area contributed by atoms with Gasteiger partial charge >= 0.3 is 0 Å². The maximum Gasteiger partial charge on any atom is 0.128 e. The quantitative estimate of drug-likeness (QED) is 0.850. The van der Waals surface area contributed by atoms with Crippen molar-refractivity contribution in [3.8, 4) is 0 Å².